The van der Waals surface area contributed by atoms with Crippen LogP contribution in [0.15, 0.2) is 70.4 Å². The summed E-state index contributed by atoms with van der Waals surface area (Å²) in [6, 6.07) is 11.5. The molecule has 7 heteroatoms. The Bertz CT molecular complexity index is 1240. The van der Waals surface area contributed by atoms with Gasteiger partial charge >= 0.3 is 5.69 Å². The molecule has 2 heterocycles. The zero-order valence-electron chi connectivity index (χ0n) is 18.7. The molecule has 162 valence electrons. The first kappa shape index (κ1) is 22.1. The maximum atomic E-state index is 12.8. The van der Waals surface area contributed by atoms with E-state index in [9.17, 15) is 4.79 Å². The van der Waals surface area contributed by atoms with Gasteiger partial charge in [0.15, 0.2) is 5.65 Å². The first-order valence-corrected chi connectivity index (χ1v) is 10.1. The molecule has 0 aliphatic rings. The minimum absolute atomic E-state index is 0.0218. The number of pyridine rings is 1. The Kier molecular flexibility index (Phi) is 6.15. The van der Waals surface area contributed by atoms with Gasteiger partial charge in [0.25, 0.3) is 0 Å². The molecule has 2 N–H and O–H groups in total. The number of nitrogens with two attached hydrogens (primary N) is 1. The molecule has 0 fully saturated rings. The number of imidazole rings is 1. The molecule has 0 saturated heterocycles. The van der Waals surface area contributed by atoms with Gasteiger partial charge in [-0.05, 0) is 36.6 Å². The van der Waals surface area contributed by atoms with Crippen molar-refractivity contribution in [3.05, 3.63) is 71.1 Å². The number of fused-ring (bicyclic) bond motifs is 1. The average molecular weight is 420 g/mol. The van der Waals surface area contributed by atoms with E-state index in [2.05, 4.69) is 32.3 Å². The lowest BCUT2D eigenvalue weighted by Gasteiger charge is -2.18. The van der Waals surface area contributed by atoms with Crippen molar-refractivity contribution in [2.24, 2.45) is 23.2 Å². The van der Waals surface area contributed by atoms with E-state index in [1.165, 1.54) is 12.4 Å². The van der Waals surface area contributed by atoms with Gasteiger partial charge in [-0.3, -0.25) is 14.1 Å². The molecule has 0 bridgehead atoms. The smallest absolute Gasteiger partial charge is 0.330 e. The van der Waals surface area contributed by atoms with Crippen LogP contribution in [0.3, 0.4) is 0 Å². The molecule has 0 amide bonds. The van der Waals surface area contributed by atoms with Crippen molar-refractivity contribution in [2.75, 3.05) is 0 Å². The normalized spacial score (nSPS) is 12.9. The van der Waals surface area contributed by atoms with Crippen LogP contribution in [0.2, 0.25) is 0 Å². The van der Waals surface area contributed by atoms with Crippen LogP contribution in [0.25, 0.3) is 22.4 Å². The van der Waals surface area contributed by atoms with Crippen molar-refractivity contribution < 1.29 is 4.74 Å². The number of aromatic nitrogens is 3. The predicted octanol–water partition coefficient (Wildman–Crippen LogP) is 4.23. The second-order valence-corrected chi connectivity index (χ2v) is 8.63. The first-order valence-electron chi connectivity index (χ1n) is 10.1. The fourth-order valence-corrected chi connectivity index (χ4v) is 3.24. The largest absolute Gasteiger partial charge is 0.460 e. The van der Waals surface area contributed by atoms with Crippen LogP contribution < -0.4 is 16.2 Å². The molecule has 0 saturated carbocycles. The Morgan fingerprint density at radius 1 is 1.29 bits per heavy atom. The maximum Gasteiger partial charge on any atom is 0.330 e. The van der Waals surface area contributed by atoms with E-state index in [0.717, 1.165) is 16.8 Å². The minimum Gasteiger partial charge on any atom is -0.460 e. The number of nitrogens with zero attached hydrogens (tertiary/aromatic N) is 4. The van der Waals surface area contributed by atoms with E-state index in [-0.39, 0.29) is 11.1 Å². The van der Waals surface area contributed by atoms with Gasteiger partial charge in [-0.15, -0.1) is 0 Å². The van der Waals surface area contributed by atoms with E-state index in [0.29, 0.717) is 29.4 Å². The van der Waals surface area contributed by atoms with E-state index in [1.807, 2.05) is 36.4 Å². The predicted molar refractivity (Wildman–Crippen MR) is 126 cm³/mol. The van der Waals surface area contributed by atoms with E-state index in [4.69, 9.17) is 15.5 Å². The quantitative estimate of drug-likeness (QED) is 0.478. The van der Waals surface area contributed by atoms with Crippen LogP contribution in [0.4, 0.5) is 0 Å². The van der Waals surface area contributed by atoms with Crippen LogP contribution in [0.5, 0.6) is 5.75 Å². The van der Waals surface area contributed by atoms with Crippen molar-refractivity contribution in [3.63, 3.8) is 0 Å². The highest BCUT2D eigenvalue weighted by Crippen LogP contribution is 2.26. The number of aryl methyl sites for hydroxylation is 1. The zero-order chi connectivity index (χ0) is 22.8. The number of ether oxygens (including phenoxy) is 1. The molecule has 0 spiro atoms. The number of benzene rings is 1. The van der Waals surface area contributed by atoms with Crippen LogP contribution in [0, 0.1) is 5.41 Å². The third-order valence-electron chi connectivity index (χ3n) is 4.74. The van der Waals surface area contributed by atoms with E-state index >= 15 is 0 Å². The SMILES string of the molecule is C=CN=C/C(N)=C(\C)Oc1cccc(-c2ccc3c(n2)n(C)c(=O)n3CC(C)(C)C)c1. The van der Waals surface area contributed by atoms with Gasteiger partial charge in [-0.1, -0.05) is 39.5 Å². The highest BCUT2D eigenvalue weighted by Gasteiger charge is 2.19. The topological polar surface area (TPSA) is 87.4 Å². The summed E-state index contributed by atoms with van der Waals surface area (Å²) < 4.78 is 9.25. The summed E-state index contributed by atoms with van der Waals surface area (Å²) in [6.45, 7) is 12.2. The number of allylic oxidation sites excluding steroid dienone is 2. The molecular weight excluding hydrogens is 390 g/mol. The van der Waals surface area contributed by atoms with Crippen molar-refractivity contribution in [1.82, 2.24) is 14.1 Å². The summed E-state index contributed by atoms with van der Waals surface area (Å²) >= 11 is 0. The maximum absolute atomic E-state index is 12.8. The second kappa shape index (κ2) is 8.63. The highest BCUT2D eigenvalue weighted by molar-refractivity contribution is 5.78. The molecule has 0 aliphatic carbocycles. The molecule has 0 aliphatic heterocycles. The third kappa shape index (κ3) is 4.94. The summed E-state index contributed by atoms with van der Waals surface area (Å²) in [7, 11) is 1.75. The fourth-order valence-electron chi connectivity index (χ4n) is 3.24. The summed E-state index contributed by atoms with van der Waals surface area (Å²) in [4.78, 5) is 21.4. The number of hydrogen-bond donors (Lipinski definition) is 1. The van der Waals surface area contributed by atoms with E-state index in [1.54, 1.807) is 23.1 Å². The van der Waals surface area contributed by atoms with Gasteiger partial charge < -0.3 is 10.5 Å². The molecule has 0 radical (unpaired) electrons. The Labute approximate surface area is 182 Å². The van der Waals surface area contributed by atoms with E-state index < -0.39 is 0 Å². The van der Waals surface area contributed by atoms with Crippen LogP contribution in [-0.2, 0) is 13.6 Å². The fraction of sp³-hybridized carbons (Fsp3) is 0.292. The lowest BCUT2D eigenvalue weighted by atomic mass is 9.97. The Hall–Kier alpha value is -3.61. The van der Waals surface area contributed by atoms with Gasteiger partial charge in [0.2, 0.25) is 0 Å². The molecule has 0 atom stereocenters. The second-order valence-electron chi connectivity index (χ2n) is 8.63. The van der Waals surface area contributed by atoms with Crippen molar-refractivity contribution in [3.8, 4) is 17.0 Å². The molecule has 3 aromatic rings. The molecule has 2 aromatic heterocycles. The molecule has 7 nitrogen and oxygen atoms in total. The standard InChI is InChI=1S/C24H29N5O2/c1-7-26-14-19(25)16(2)31-18-10-8-9-17(13-18)20-11-12-21-22(27-20)28(6)23(30)29(21)15-24(3,4)5/h7-14H,1,15,25H2,2-6H3/b19-16-,26-14?. The lowest BCUT2D eigenvalue weighted by Crippen LogP contribution is -2.27. The van der Waals surface area contributed by atoms with Gasteiger partial charge in [0.1, 0.15) is 11.5 Å². The van der Waals surface area contributed by atoms with Crippen molar-refractivity contribution in [2.45, 2.75) is 34.2 Å². The molecule has 3 rings (SSSR count). The Morgan fingerprint density at radius 2 is 2.03 bits per heavy atom. The number of aliphatic imine (C=N–C) groups is 1. The lowest BCUT2D eigenvalue weighted by molar-refractivity contribution is 0.342. The van der Waals surface area contributed by atoms with Crippen molar-refractivity contribution in [1.29, 1.82) is 0 Å². The number of hydrogen-bond acceptors (Lipinski definition) is 5. The average Bonchev–Trinajstić information content (AvgIpc) is 2.95. The van der Waals surface area contributed by atoms with Crippen LogP contribution in [-0.4, -0.2) is 20.3 Å². The van der Waals surface area contributed by atoms with Gasteiger partial charge in [-0.2, -0.15) is 0 Å². The number of rotatable bonds is 6. The van der Waals surface area contributed by atoms with Crippen LogP contribution in [0.1, 0.15) is 27.7 Å². The molecule has 1 aromatic carbocycles. The third-order valence-corrected chi connectivity index (χ3v) is 4.74. The monoisotopic (exact) mass is 419 g/mol. The molecule has 31 heavy (non-hydrogen) atoms. The zero-order valence-corrected chi connectivity index (χ0v) is 18.7. The highest BCUT2D eigenvalue weighted by atomic mass is 16.5. The Morgan fingerprint density at radius 3 is 2.71 bits per heavy atom. The first-order chi connectivity index (χ1) is 14.6. The van der Waals surface area contributed by atoms with Gasteiger partial charge in [0.05, 0.1) is 23.1 Å². The van der Waals surface area contributed by atoms with Gasteiger partial charge in [0, 0.05) is 25.4 Å². The molecule has 0 unspecified atom stereocenters. The molecular formula is C24H29N5O2. The minimum atomic E-state index is -0.0657. The van der Waals surface area contributed by atoms with Crippen LogP contribution >= 0.6 is 0 Å². The summed E-state index contributed by atoms with van der Waals surface area (Å²) in [6.07, 6.45) is 2.90. The summed E-state index contributed by atoms with van der Waals surface area (Å²) in [5.74, 6) is 1.17. The Balaban J connectivity index is 1.99. The summed E-state index contributed by atoms with van der Waals surface area (Å²) in [5.41, 5.74) is 9.39. The summed E-state index contributed by atoms with van der Waals surface area (Å²) in [5, 5.41) is 0. The van der Waals surface area contributed by atoms with Gasteiger partial charge in [-0.25, -0.2) is 9.78 Å². The van der Waals surface area contributed by atoms with Crippen molar-refractivity contribution >= 4 is 17.4 Å².